The van der Waals surface area contributed by atoms with Gasteiger partial charge in [0.25, 0.3) is 0 Å². The molecule has 0 heterocycles. The number of carbonyl (C=O) groups is 1. The van der Waals surface area contributed by atoms with Crippen molar-refractivity contribution in [1.29, 1.82) is 0 Å². The van der Waals surface area contributed by atoms with Crippen LogP contribution in [0.3, 0.4) is 0 Å². The Hall–Kier alpha value is -2.08. The van der Waals surface area contributed by atoms with E-state index in [4.69, 9.17) is 4.74 Å². The molecule has 6 heteroatoms. The van der Waals surface area contributed by atoms with Crippen molar-refractivity contribution in [2.45, 2.75) is 6.42 Å². The van der Waals surface area contributed by atoms with Crippen molar-refractivity contribution in [3.63, 3.8) is 0 Å². The standard InChI is InChI=1S/C18H19F2NO2S/c19-16-7-4-8-17(20)15(16)9-10-21-18(22)13-24-12-11-23-14-5-2-1-3-6-14/h1-8H,9-13H2,(H,21,22). The number of amides is 1. The molecule has 2 aromatic carbocycles. The van der Waals surface area contributed by atoms with Crippen molar-refractivity contribution in [3.8, 4) is 5.75 Å². The minimum Gasteiger partial charge on any atom is -0.493 e. The summed E-state index contributed by atoms with van der Waals surface area (Å²) in [4.78, 5) is 11.7. The third-order valence-electron chi connectivity index (χ3n) is 3.23. The molecule has 0 aliphatic rings. The van der Waals surface area contributed by atoms with E-state index in [1.165, 1.54) is 30.0 Å². The van der Waals surface area contributed by atoms with Crippen LogP contribution in [0.4, 0.5) is 8.78 Å². The lowest BCUT2D eigenvalue weighted by atomic mass is 10.1. The first-order valence-corrected chi connectivity index (χ1v) is 8.77. The zero-order valence-electron chi connectivity index (χ0n) is 13.1. The highest BCUT2D eigenvalue weighted by molar-refractivity contribution is 7.99. The minimum atomic E-state index is -0.586. The lowest BCUT2D eigenvalue weighted by Gasteiger charge is -2.08. The van der Waals surface area contributed by atoms with Gasteiger partial charge in [-0.1, -0.05) is 24.3 Å². The van der Waals surface area contributed by atoms with Gasteiger partial charge in [0.05, 0.1) is 12.4 Å². The largest absolute Gasteiger partial charge is 0.493 e. The average Bonchev–Trinajstić information content (AvgIpc) is 2.58. The van der Waals surface area contributed by atoms with Gasteiger partial charge in [-0.15, -0.1) is 11.8 Å². The first-order chi connectivity index (χ1) is 11.7. The maximum Gasteiger partial charge on any atom is 0.230 e. The van der Waals surface area contributed by atoms with Gasteiger partial charge < -0.3 is 10.1 Å². The topological polar surface area (TPSA) is 38.3 Å². The second-order valence-corrected chi connectivity index (χ2v) is 6.12. The lowest BCUT2D eigenvalue weighted by molar-refractivity contribution is -0.118. The van der Waals surface area contributed by atoms with Crippen LogP contribution in [-0.2, 0) is 11.2 Å². The van der Waals surface area contributed by atoms with Crippen LogP contribution >= 0.6 is 11.8 Å². The van der Waals surface area contributed by atoms with Crippen LogP contribution in [0.1, 0.15) is 5.56 Å². The van der Waals surface area contributed by atoms with Gasteiger partial charge >= 0.3 is 0 Å². The molecule has 2 rings (SSSR count). The molecule has 3 nitrogen and oxygen atoms in total. The molecule has 0 aromatic heterocycles. The van der Waals surface area contributed by atoms with Gasteiger partial charge in [0.1, 0.15) is 17.4 Å². The van der Waals surface area contributed by atoms with E-state index in [1.807, 2.05) is 30.3 Å². The smallest absolute Gasteiger partial charge is 0.230 e. The SMILES string of the molecule is O=C(CSCCOc1ccccc1)NCCc1c(F)cccc1F. The third kappa shape index (κ3) is 6.20. The zero-order valence-corrected chi connectivity index (χ0v) is 14.0. The summed E-state index contributed by atoms with van der Waals surface area (Å²) in [5, 5.41) is 2.66. The number of nitrogens with one attached hydrogen (secondary N) is 1. The molecule has 0 aliphatic carbocycles. The Labute approximate surface area is 144 Å². The Bertz CT molecular complexity index is 632. The summed E-state index contributed by atoms with van der Waals surface area (Å²) in [6.07, 6.45) is 0.131. The van der Waals surface area contributed by atoms with Crippen molar-refractivity contribution in [3.05, 3.63) is 65.7 Å². The van der Waals surface area contributed by atoms with E-state index in [0.717, 1.165) is 5.75 Å². The van der Waals surface area contributed by atoms with E-state index in [0.29, 0.717) is 12.4 Å². The quantitative estimate of drug-likeness (QED) is 0.704. The second kappa shape index (κ2) is 9.93. The molecule has 128 valence electrons. The first kappa shape index (κ1) is 18.3. The molecule has 0 aliphatic heterocycles. The molecule has 0 saturated heterocycles. The van der Waals surface area contributed by atoms with Gasteiger partial charge in [-0.3, -0.25) is 4.79 Å². The highest BCUT2D eigenvalue weighted by atomic mass is 32.2. The van der Waals surface area contributed by atoms with Crippen LogP contribution in [0, 0.1) is 11.6 Å². The van der Waals surface area contributed by atoms with Gasteiger partial charge in [-0.05, 0) is 30.7 Å². The summed E-state index contributed by atoms with van der Waals surface area (Å²) in [5.41, 5.74) is 0.00159. The fourth-order valence-corrected chi connectivity index (χ4v) is 2.68. The predicted molar refractivity (Wildman–Crippen MR) is 92.3 cm³/mol. The average molecular weight is 351 g/mol. The van der Waals surface area contributed by atoms with E-state index in [1.54, 1.807) is 0 Å². The van der Waals surface area contributed by atoms with Gasteiger partial charge in [-0.25, -0.2) is 8.78 Å². The number of hydrogen-bond donors (Lipinski definition) is 1. The van der Waals surface area contributed by atoms with Gasteiger partial charge in [0.2, 0.25) is 5.91 Å². The Kier molecular flexibility index (Phi) is 7.55. The summed E-state index contributed by atoms with van der Waals surface area (Å²) in [7, 11) is 0. The molecule has 1 N–H and O–H groups in total. The number of carbonyl (C=O) groups excluding carboxylic acids is 1. The molecule has 0 saturated carbocycles. The number of rotatable bonds is 9. The monoisotopic (exact) mass is 351 g/mol. The second-order valence-electron chi connectivity index (χ2n) is 5.01. The zero-order chi connectivity index (χ0) is 17.2. The highest BCUT2D eigenvalue weighted by Gasteiger charge is 2.08. The van der Waals surface area contributed by atoms with E-state index >= 15 is 0 Å². The number of para-hydroxylation sites is 1. The van der Waals surface area contributed by atoms with Crippen molar-refractivity contribution in [2.24, 2.45) is 0 Å². The van der Waals surface area contributed by atoms with Crippen LogP contribution in [-0.4, -0.2) is 30.6 Å². The highest BCUT2D eigenvalue weighted by Crippen LogP contribution is 2.12. The van der Waals surface area contributed by atoms with Crippen LogP contribution in [0.15, 0.2) is 48.5 Å². The Morgan fingerprint density at radius 2 is 1.75 bits per heavy atom. The molecule has 0 bridgehead atoms. The Morgan fingerprint density at radius 1 is 1.04 bits per heavy atom. The predicted octanol–water partition coefficient (Wildman–Crippen LogP) is 3.44. The molecule has 0 unspecified atom stereocenters. The number of ether oxygens (including phenoxy) is 1. The summed E-state index contributed by atoms with van der Waals surface area (Å²) >= 11 is 1.45. The molecule has 0 spiro atoms. The van der Waals surface area contributed by atoms with Crippen molar-refractivity contribution in [2.75, 3.05) is 24.7 Å². The van der Waals surface area contributed by atoms with Gasteiger partial charge in [0.15, 0.2) is 0 Å². The summed E-state index contributed by atoms with van der Waals surface area (Å²) in [6, 6.07) is 13.2. The summed E-state index contributed by atoms with van der Waals surface area (Å²) < 4.78 is 32.4. The Balaban J connectivity index is 1.57. The molecule has 24 heavy (non-hydrogen) atoms. The molecule has 1 amide bonds. The molecule has 0 atom stereocenters. The first-order valence-electron chi connectivity index (χ1n) is 7.62. The molecular formula is C18H19F2NO2S. The van der Waals surface area contributed by atoms with Gasteiger partial charge in [0, 0.05) is 17.9 Å². The molecule has 0 fully saturated rings. The number of benzene rings is 2. The van der Waals surface area contributed by atoms with Crippen molar-refractivity contribution < 1.29 is 18.3 Å². The fourth-order valence-electron chi connectivity index (χ4n) is 2.05. The molecular weight excluding hydrogens is 332 g/mol. The number of thioether (sulfide) groups is 1. The number of halogens is 2. The third-order valence-corrected chi connectivity index (χ3v) is 4.15. The van der Waals surface area contributed by atoms with Crippen molar-refractivity contribution >= 4 is 17.7 Å². The Morgan fingerprint density at radius 3 is 2.46 bits per heavy atom. The summed E-state index contributed by atoms with van der Waals surface area (Å²) in [6.45, 7) is 0.722. The van der Waals surface area contributed by atoms with Crippen molar-refractivity contribution in [1.82, 2.24) is 5.32 Å². The van der Waals surface area contributed by atoms with E-state index < -0.39 is 11.6 Å². The minimum absolute atomic E-state index is 0.00159. The molecule has 2 aromatic rings. The normalized spacial score (nSPS) is 10.4. The van der Waals surface area contributed by atoms with Crippen LogP contribution < -0.4 is 10.1 Å². The van der Waals surface area contributed by atoms with Crippen LogP contribution in [0.2, 0.25) is 0 Å². The van der Waals surface area contributed by atoms with Crippen LogP contribution in [0.25, 0.3) is 0 Å². The lowest BCUT2D eigenvalue weighted by Crippen LogP contribution is -2.28. The molecule has 0 radical (unpaired) electrons. The van der Waals surface area contributed by atoms with Crippen LogP contribution in [0.5, 0.6) is 5.75 Å². The van der Waals surface area contributed by atoms with E-state index in [2.05, 4.69) is 5.32 Å². The number of hydrogen-bond acceptors (Lipinski definition) is 3. The van der Waals surface area contributed by atoms with E-state index in [-0.39, 0.29) is 30.2 Å². The fraction of sp³-hybridized carbons (Fsp3) is 0.278. The van der Waals surface area contributed by atoms with Gasteiger partial charge in [-0.2, -0.15) is 0 Å². The maximum atomic E-state index is 13.4. The van der Waals surface area contributed by atoms with E-state index in [9.17, 15) is 13.6 Å². The summed E-state index contributed by atoms with van der Waals surface area (Å²) in [5.74, 6) is 0.446. The maximum absolute atomic E-state index is 13.4.